The van der Waals surface area contributed by atoms with Gasteiger partial charge in [0.25, 0.3) is 0 Å². The topological polar surface area (TPSA) is 151 Å². The predicted octanol–water partition coefficient (Wildman–Crippen LogP) is 25.7. The molecule has 0 amide bonds. The van der Waals surface area contributed by atoms with Crippen LogP contribution < -0.4 is 56.8 Å². The molecular weight excluding hydrogens is 1770 g/mol. The van der Waals surface area contributed by atoms with Crippen molar-refractivity contribution in [2.45, 2.75) is 31.3 Å². The van der Waals surface area contributed by atoms with E-state index in [0.717, 1.165) is 232 Å². The molecule has 0 spiro atoms. The Labute approximate surface area is 744 Å². The zero-order valence-electron chi connectivity index (χ0n) is 69.8. The van der Waals surface area contributed by atoms with Gasteiger partial charge in [-0.15, -0.1) is 0 Å². The Balaban J connectivity index is 0.000000134. The lowest BCUT2D eigenvalue weighted by atomic mass is 9.78. The highest BCUT2D eigenvalue weighted by Gasteiger charge is 2.39. The normalized spacial score (nSPS) is 14.5. The van der Waals surface area contributed by atoms with E-state index in [0.29, 0.717) is 19.3 Å². The average molecular weight is 1870 g/mol. The van der Waals surface area contributed by atoms with Gasteiger partial charge in [0.15, 0.2) is 0 Å². The number of ether oxygens (including phenoxy) is 16. The molecule has 0 saturated carbocycles. The quantitative estimate of drug-likeness (QED) is 0.0455. The Morgan fingerprint density at radius 3 is 1.04 bits per heavy atom. The van der Waals surface area contributed by atoms with Gasteiger partial charge in [-0.1, -0.05) is 141 Å². The van der Waals surface area contributed by atoms with Crippen LogP contribution in [-0.4, -0.2) is 118 Å². The summed E-state index contributed by atoms with van der Waals surface area (Å²) in [5.41, 5.74) is 12.1. The fourth-order valence-electron chi connectivity index (χ4n) is 16.8. The van der Waals surface area contributed by atoms with E-state index < -0.39 is 0 Å². The third kappa shape index (κ3) is 17.5. The van der Waals surface area contributed by atoms with Crippen LogP contribution in [-0.2, 0) is 18.9 Å². The minimum atomic E-state index is -0.162. The van der Waals surface area contributed by atoms with E-state index in [2.05, 4.69) is 256 Å². The van der Waals surface area contributed by atoms with Crippen LogP contribution >= 0.6 is 45.2 Å². The third-order valence-corrected chi connectivity index (χ3v) is 24.0. The van der Waals surface area contributed by atoms with E-state index in [9.17, 15) is 0 Å². The Morgan fingerprint density at radius 2 is 0.650 bits per heavy atom. The van der Waals surface area contributed by atoms with Gasteiger partial charge in [0.2, 0.25) is 0 Å². The van der Waals surface area contributed by atoms with Crippen molar-refractivity contribution in [1.82, 2.24) is 0 Å². The summed E-state index contributed by atoms with van der Waals surface area (Å²) in [7, 11) is 20.3. The van der Waals surface area contributed by atoms with Crippen molar-refractivity contribution in [3.63, 3.8) is 0 Å². The van der Waals surface area contributed by atoms with Crippen molar-refractivity contribution >= 4 is 110 Å². The Hall–Kier alpha value is -12.0. The van der Waals surface area contributed by atoms with Gasteiger partial charge in [0.05, 0.1) is 94.0 Å². The molecule has 16 nitrogen and oxygen atoms in total. The highest BCUT2D eigenvalue weighted by atomic mass is 127. The van der Waals surface area contributed by atoms with Gasteiger partial charge in [0, 0.05) is 92.7 Å². The second-order valence-corrected chi connectivity index (χ2v) is 31.9. The molecule has 123 heavy (non-hydrogen) atoms. The molecule has 20 rings (SSSR count). The SMILES string of the molecule is C.COC.COCCOCC1CO1.COc1ccc2ccc(OC)c(C3c4cc(I)cc(I)c4Oc4ccc5ccc(OC)cc5c43)c2c1.COc1ccc2ccc(OC)c(C3c4ccc(-c5ccccc5)cc4Oc4ccc5ccc(OC)cc5c43)c2c1.COc1ccc2ccc(OC)c(C3c4ccccc4Oc4ccc5ccc(OC)cc5c43)c2c1. The molecule has 1 fully saturated rings. The number of hydrogen-bond donors (Lipinski definition) is 0. The maximum Gasteiger partial charge on any atom is 0.144 e. The van der Waals surface area contributed by atoms with Gasteiger partial charge < -0.3 is 75.8 Å². The van der Waals surface area contributed by atoms with Crippen LogP contribution in [0.5, 0.6) is 86.2 Å². The number of halogens is 2. The number of para-hydroxylation sites is 1. The van der Waals surface area contributed by atoms with Crippen molar-refractivity contribution in [1.29, 1.82) is 0 Å². The molecule has 18 heteroatoms. The van der Waals surface area contributed by atoms with E-state index in [1.165, 1.54) is 0 Å². The maximum atomic E-state index is 6.70. The molecule has 0 N–H and O–H groups in total. The monoisotopic (exact) mass is 1870 g/mol. The second-order valence-electron chi connectivity index (χ2n) is 29.5. The first-order chi connectivity index (χ1) is 59.8. The van der Waals surface area contributed by atoms with E-state index in [1.54, 1.807) is 85.3 Å². The number of benzene rings is 16. The first-order valence-corrected chi connectivity index (χ1v) is 42.1. The smallest absolute Gasteiger partial charge is 0.144 e. The lowest BCUT2D eigenvalue weighted by molar-refractivity contribution is 0.0622. The van der Waals surface area contributed by atoms with E-state index in [1.807, 2.05) is 60.7 Å². The minimum absolute atomic E-state index is 0. The highest BCUT2D eigenvalue weighted by molar-refractivity contribution is 14.1. The van der Waals surface area contributed by atoms with Gasteiger partial charge >= 0.3 is 0 Å². The highest BCUT2D eigenvalue weighted by Crippen LogP contribution is 2.59. The number of epoxide rings is 1. The van der Waals surface area contributed by atoms with E-state index >= 15 is 0 Å². The van der Waals surface area contributed by atoms with Crippen molar-refractivity contribution in [2.75, 3.05) is 112 Å². The summed E-state index contributed by atoms with van der Waals surface area (Å²) in [6.07, 6.45) is 0.377. The number of rotatable bonds is 18. The molecule has 1 saturated heterocycles. The van der Waals surface area contributed by atoms with Crippen LogP contribution in [0.4, 0.5) is 0 Å². The van der Waals surface area contributed by atoms with Crippen LogP contribution in [0.15, 0.2) is 267 Å². The first kappa shape index (κ1) is 85.9. The molecule has 4 atom stereocenters. The molecule has 0 aromatic heterocycles. The average Bonchev–Trinajstić information content (AvgIpc) is 1.60. The number of methoxy groups -OCH3 is 11. The molecule has 4 heterocycles. The third-order valence-electron chi connectivity index (χ3n) is 22.6. The molecule has 0 radical (unpaired) electrons. The summed E-state index contributed by atoms with van der Waals surface area (Å²) in [5, 5.41) is 13.3. The van der Waals surface area contributed by atoms with Crippen molar-refractivity contribution in [3.05, 3.63) is 324 Å². The van der Waals surface area contributed by atoms with Gasteiger partial charge in [0.1, 0.15) is 92.3 Å². The summed E-state index contributed by atoms with van der Waals surface area (Å²) < 4.78 is 92.9. The molecule has 0 aliphatic carbocycles. The van der Waals surface area contributed by atoms with Crippen LogP contribution in [0, 0.1) is 7.14 Å². The molecule has 4 aliphatic rings. The van der Waals surface area contributed by atoms with Gasteiger partial charge in [-0.25, -0.2) is 0 Å². The summed E-state index contributed by atoms with van der Waals surface area (Å²) in [5.74, 6) is 12.0. The van der Waals surface area contributed by atoms with Crippen LogP contribution in [0.3, 0.4) is 0 Å². The minimum Gasteiger partial charge on any atom is -0.497 e. The molecule has 4 aliphatic heterocycles. The Kier molecular flexibility index (Phi) is 27.0. The zero-order chi connectivity index (χ0) is 84.7. The predicted molar refractivity (Wildman–Crippen MR) is 508 cm³/mol. The fourth-order valence-corrected chi connectivity index (χ4v) is 18.8. The number of hydrogen-bond acceptors (Lipinski definition) is 16. The molecule has 16 aromatic rings. The summed E-state index contributed by atoms with van der Waals surface area (Å²) in [6.45, 7) is 2.94. The largest absolute Gasteiger partial charge is 0.497 e. The van der Waals surface area contributed by atoms with Crippen molar-refractivity contribution in [3.8, 4) is 97.4 Å². The van der Waals surface area contributed by atoms with Crippen molar-refractivity contribution in [2.24, 2.45) is 0 Å². The molecular formula is C105H96I2O16. The fraction of sp³-hybridized carbons (Fsp3) is 0.200. The lowest BCUT2D eigenvalue weighted by Crippen LogP contribution is -2.15. The number of fused-ring (bicyclic) bond motifs is 15. The molecule has 4 unspecified atom stereocenters. The molecule has 16 aromatic carbocycles. The second kappa shape index (κ2) is 38.6. The van der Waals surface area contributed by atoms with E-state index in [4.69, 9.17) is 71.1 Å². The van der Waals surface area contributed by atoms with Gasteiger partial charge in [-0.05, 0) is 254 Å². The summed E-state index contributed by atoms with van der Waals surface area (Å²) >= 11 is 4.76. The Morgan fingerprint density at radius 1 is 0.301 bits per heavy atom. The summed E-state index contributed by atoms with van der Waals surface area (Å²) in [4.78, 5) is 0. The van der Waals surface area contributed by atoms with E-state index in [-0.39, 0.29) is 25.2 Å². The van der Waals surface area contributed by atoms with Crippen LogP contribution in [0.25, 0.3) is 75.8 Å². The van der Waals surface area contributed by atoms with Crippen molar-refractivity contribution < 1.29 is 75.8 Å². The standard InChI is InChI=1S/C36H28O4.C30H22I2O4.C30H24O4.C6H12O3.C2H6O.CH4/c1-37-26-14-9-23-12-17-31(39-3)34(29(23)20-26)36-28-16-11-25(22-7-5-4-6-8-22)19-33(28)40-32-18-13-24-10-15-27(38-2)21-30(24)35(32)36;1-33-19-8-4-16-6-10-25(35-3)27(21(16)14-19)29-23-12-18(31)13-24(32)30(23)36-26-11-7-17-5-9-20(34-2)15-22(17)28(26)29;1-31-20-12-8-18-10-14-26(33-3)28(23(18)16-20)30-22-6-4-5-7-25(22)34-27-15-11-19-9-13-21(32-2)17-24(19)29(27)30;1-7-2-3-8-4-6-5-9-6;1-3-2;/h4-21,36H,1-3H3;4-15,29H,1-3H3;4-17,30H,1-3H3;6H,2-5H2,1H3;1-2H3;1H4. The maximum absolute atomic E-state index is 6.70. The van der Waals surface area contributed by atoms with Crippen LogP contribution in [0.1, 0.15) is 75.3 Å². The zero-order valence-corrected chi connectivity index (χ0v) is 74.1. The first-order valence-electron chi connectivity index (χ1n) is 39.9. The lowest BCUT2D eigenvalue weighted by Gasteiger charge is -2.32. The summed E-state index contributed by atoms with van der Waals surface area (Å²) in [6, 6.07) is 91.7. The molecule has 0 bridgehead atoms. The van der Waals surface area contributed by atoms with Gasteiger partial charge in [-0.2, -0.15) is 0 Å². The van der Waals surface area contributed by atoms with Crippen LogP contribution in [0.2, 0.25) is 0 Å². The molecule has 626 valence electrons. The Bertz CT molecular complexity index is 6530. The van der Waals surface area contributed by atoms with Gasteiger partial charge in [-0.3, -0.25) is 0 Å².